The predicted octanol–water partition coefficient (Wildman–Crippen LogP) is 5.94. The molecule has 0 bridgehead atoms. The van der Waals surface area contributed by atoms with Gasteiger partial charge in [-0.05, 0) is 37.5 Å². The summed E-state index contributed by atoms with van der Waals surface area (Å²) >= 11 is 3.43. The van der Waals surface area contributed by atoms with Crippen molar-refractivity contribution in [1.82, 2.24) is 5.16 Å². The first-order chi connectivity index (χ1) is 12.1. The van der Waals surface area contributed by atoms with Gasteiger partial charge in [-0.3, -0.25) is 0 Å². The fraction of sp³-hybridized carbons (Fsp3) is 0.190. The second kappa shape index (κ2) is 8.28. The zero-order valence-electron chi connectivity index (χ0n) is 14.0. The lowest BCUT2D eigenvalue weighted by Crippen LogP contribution is -1.99. The number of allylic oxidation sites excluding steroid dienone is 1. The van der Waals surface area contributed by atoms with Gasteiger partial charge in [0.25, 0.3) is 0 Å². The largest absolute Gasteiger partial charge is 0.388 e. The zero-order chi connectivity index (χ0) is 17.6. The van der Waals surface area contributed by atoms with Crippen LogP contribution in [0.3, 0.4) is 0 Å². The van der Waals surface area contributed by atoms with E-state index in [1.165, 1.54) is 0 Å². The van der Waals surface area contributed by atoms with Crippen molar-refractivity contribution in [2.24, 2.45) is 0 Å². The van der Waals surface area contributed by atoms with Crippen LogP contribution in [0.2, 0.25) is 0 Å². The molecule has 0 radical (unpaired) electrons. The molecule has 0 aliphatic heterocycles. The van der Waals surface area contributed by atoms with Gasteiger partial charge in [0.2, 0.25) is 0 Å². The SMILES string of the molecule is Cc1noc(-c2ccc(Br)cc2)c1C(O)CC/C=C/c1ccccc1. The van der Waals surface area contributed by atoms with E-state index in [2.05, 4.69) is 45.4 Å². The Bertz CT molecular complexity index is 838. The summed E-state index contributed by atoms with van der Waals surface area (Å²) < 4.78 is 6.48. The first-order valence-corrected chi connectivity index (χ1v) is 9.06. The van der Waals surface area contributed by atoms with Crippen LogP contribution in [0, 0.1) is 6.92 Å². The smallest absolute Gasteiger partial charge is 0.172 e. The summed E-state index contributed by atoms with van der Waals surface area (Å²) in [5.74, 6) is 0.643. The molecule has 128 valence electrons. The van der Waals surface area contributed by atoms with Crippen molar-refractivity contribution in [3.63, 3.8) is 0 Å². The highest BCUT2D eigenvalue weighted by Gasteiger charge is 2.21. The molecule has 3 rings (SSSR count). The maximum absolute atomic E-state index is 10.6. The minimum atomic E-state index is -0.606. The number of hydrogen-bond acceptors (Lipinski definition) is 3. The number of nitrogens with zero attached hydrogens (tertiary/aromatic N) is 1. The second-order valence-electron chi connectivity index (χ2n) is 5.92. The van der Waals surface area contributed by atoms with Gasteiger partial charge in [0.1, 0.15) is 0 Å². The molecule has 1 aromatic heterocycles. The molecule has 0 spiro atoms. The lowest BCUT2D eigenvalue weighted by molar-refractivity contribution is 0.168. The van der Waals surface area contributed by atoms with Gasteiger partial charge in [0, 0.05) is 10.0 Å². The Morgan fingerprint density at radius 2 is 1.84 bits per heavy atom. The molecule has 1 N–H and O–H groups in total. The molecule has 2 aromatic carbocycles. The van der Waals surface area contributed by atoms with Gasteiger partial charge in [-0.2, -0.15) is 0 Å². The highest BCUT2D eigenvalue weighted by atomic mass is 79.9. The summed E-state index contributed by atoms with van der Waals surface area (Å²) in [4.78, 5) is 0. The fourth-order valence-corrected chi connectivity index (χ4v) is 3.03. The Balaban J connectivity index is 1.70. The molecule has 0 saturated carbocycles. The Morgan fingerprint density at radius 3 is 2.56 bits per heavy atom. The molecule has 1 heterocycles. The zero-order valence-corrected chi connectivity index (χ0v) is 15.6. The first kappa shape index (κ1) is 17.6. The van der Waals surface area contributed by atoms with E-state index < -0.39 is 6.10 Å². The Kier molecular flexibility index (Phi) is 5.84. The standard InChI is InChI=1S/C21H20BrNO2/c1-15-20(21(25-23-15)17-11-13-18(22)14-12-17)19(24)10-6-5-9-16-7-3-2-4-8-16/h2-5,7-9,11-14,19,24H,6,10H2,1H3/b9-5+. The van der Waals surface area contributed by atoms with Crippen LogP contribution in [0.25, 0.3) is 17.4 Å². The van der Waals surface area contributed by atoms with E-state index >= 15 is 0 Å². The molecule has 1 atom stereocenters. The predicted molar refractivity (Wildman–Crippen MR) is 104 cm³/mol. The second-order valence-corrected chi connectivity index (χ2v) is 6.84. The summed E-state index contributed by atoms with van der Waals surface area (Å²) in [6, 6.07) is 18.0. The average molecular weight is 398 g/mol. The molecule has 25 heavy (non-hydrogen) atoms. The lowest BCUT2D eigenvalue weighted by Gasteiger charge is -2.10. The van der Waals surface area contributed by atoms with E-state index in [-0.39, 0.29) is 0 Å². The molecule has 3 nitrogen and oxygen atoms in total. The third-order valence-electron chi connectivity index (χ3n) is 4.06. The number of halogens is 1. The van der Waals surface area contributed by atoms with Gasteiger partial charge in [-0.1, -0.05) is 75.7 Å². The third kappa shape index (κ3) is 4.47. The van der Waals surface area contributed by atoms with Crippen LogP contribution in [-0.2, 0) is 0 Å². The van der Waals surface area contributed by atoms with E-state index in [0.29, 0.717) is 12.2 Å². The van der Waals surface area contributed by atoms with Crippen LogP contribution in [0.15, 0.2) is 69.7 Å². The van der Waals surface area contributed by atoms with Gasteiger partial charge in [0.15, 0.2) is 5.76 Å². The molecule has 1 unspecified atom stereocenters. The Morgan fingerprint density at radius 1 is 1.12 bits per heavy atom. The molecular weight excluding hydrogens is 378 g/mol. The van der Waals surface area contributed by atoms with E-state index in [9.17, 15) is 5.11 Å². The van der Waals surface area contributed by atoms with E-state index in [1.807, 2.05) is 49.4 Å². The monoisotopic (exact) mass is 397 g/mol. The van der Waals surface area contributed by atoms with Crippen molar-refractivity contribution in [2.75, 3.05) is 0 Å². The van der Waals surface area contributed by atoms with Crippen molar-refractivity contribution in [3.05, 3.63) is 82.0 Å². The normalized spacial score (nSPS) is 12.6. The Hall–Kier alpha value is -2.17. The number of hydrogen-bond donors (Lipinski definition) is 1. The summed E-state index contributed by atoms with van der Waals surface area (Å²) in [5, 5.41) is 14.7. The molecule has 3 aromatic rings. The minimum Gasteiger partial charge on any atom is -0.388 e. The summed E-state index contributed by atoms with van der Waals surface area (Å²) in [6.45, 7) is 1.87. The summed E-state index contributed by atoms with van der Waals surface area (Å²) in [7, 11) is 0. The molecule has 0 saturated heterocycles. The third-order valence-corrected chi connectivity index (χ3v) is 4.59. The first-order valence-electron chi connectivity index (χ1n) is 8.27. The fourth-order valence-electron chi connectivity index (χ4n) is 2.76. The number of aryl methyl sites for hydroxylation is 1. The average Bonchev–Trinajstić information content (AvgIpc) is 3.02. The maximum atomic E-state index is 10.6. The quantitative estimate of drug-likeness (QED) is 0.559. The molecule has 4 heteroatoms. The van der Waals surface area contributed by atoms with Crippen LogP contribution in [0.1, 0.15) is 35.8 Å². The van der Waals surface area contributed by atoms with Crippen LogP contribution in [0.4, 0.5) is 0 Å². The van der Waals surface area contributed by atoms with Crippen molar-refractivity contribution in [3.8, 4) is 11.3 Å². The van der Waals surface area contributed by atoms with Gasteiger partial charge >= 0.3 is 0 Å². The number of aliphatic hydroxyl groups is 1. The van der Waals surface area contributed by atoms with Crippen LogP contribution in [-0.4, -0.2) is 10.3 Å². The molecule has 0 aliphatic rings. The molecule has 0 amide bonds. The van der Waals surface area contributed by atoms with Gasteiger partial charge in [0.05, 0.1) is 17.4 Å². The number of aliphatic hydroxyl groups excluding tert-OH is 1. The molecular formula is C21H20BrNO2. The number of benzene rings is 2. The van der Waals surface area contributed by atoms with Crippen LogP contribution >= 0.6 is 15.9 Å². The molecule has 0 fully saturated rings. The summed E-state index contributed by atoms with van der Waals surface area (Å²) in [6.07, 6.45) is 4.95. The van der Waals surface area contributed by atoms with Crippen molar-refractivity contribution in [2.45, 2.75) is 25.9 Å². The van der Waals surface area contributed by atoms with E-state index in [4.69, 9.17) is 4.52 Å². The van der Waals surface area contributed by atoms with E-state index in [0.717, 1.165) is 33.3 Å². The highest BCUT2D eigenvalue weighted by Crippen LogP contribution is 2.33. The lowest BCUT2D eigenvalue weighted by atomic mass is 9.99. The highest BCUT2D eigenvalue weighted by molar-refractivity contribution is 9.10. The van der Waals surface area contributed by atoms with Crippen molar-refractivity contribution in [1.29, 1.82) is 0 Å². The van der Waals surface area contributed by atoms with Crippen LogP contribution in [0.5, 0.6) is 0 Å². The van der Waals surface area contributed by atoms with Gasteiger partial charge in [-0.15, -0.1) is 0 Å². The topological polar surface area (TPSA) is 46.3 Å². The number of rotatable bonds is 6. The van der Waals surface area contributed by atoms with Crippen molar-refractivity contribution < 1.29 is 9.63 Å². The number of aromatic nitrogens is 1. The van der Waals surface area contributed by atoms with Crippen LogP contribution < -0.4 is 0 Å². The Labute approximate surface area is 156 Å². The minimum absolute atomic E-state index is 0.606. The molecule has 0 aliphatic carbocycles. The summed E-state index contributed by atoms with van der Waals surface area (Å²) in [5.41, 5.74) is 3.58. The van der Waals surface area contributed by atoms with E-state index in [1.54, 1.807) is 0 Å². The van der Waals surface area contributed by atoms with Gasteiger partial charge < -0.3 is 9.63 Å². The van der Waals surface area contributed by atoms with Crippen molar-refractivity contribution >= 4 is 22.0 Å². The maximum Gasteiger partial charge on any atom is 0.172 e. The van der Waals surface area contributed by atoms with Gasteiger partial charge in [-0.25, -0.2) is 0 Å².